The van der Waals surface area contributed by atoms with Gasteiger partial charge in [0.1, 0.15) is 11.5 Å². The molecule has 0 amide bonds. The van der Waals surface area contributed by atoms with Crippen LogP contribution >= 0.6 is 11.3 Å². The molecule has 22 heavy (non-hydrogen) atoms. The fraction of sp³-hybridized carbons (Fsp3) is 0.0588. The molecular formula is C17H14N4S. The number of benzene rings is 1. The molecule has 4 nitrogen and oxygen atoms in total. The molecule has 3 heterocycles. The normalized spacial score (nSPS) is 11.0. The van der Waals surface area contributed by atoms with Crippen molar-refractivity contribution >= 4 is 28.5 Å². The molecule has 0 unspecified atom stereocenters. The van der Waals surface area contributed by atoms with Crippen molar-refractivity contribution in [3.05, 3.63) is 65.2 Å². The Hall–Kier alpha value is -2.66. The van der Waals surface area contributed by atoms with Crippen LogP contribution in [0.4, 0.5) is 11.5 Å². The van der Waals surface area contributed by atoms with Gasteiger partial charge in [-0.25, -0.2) is 4.98 Å². The van der Waals surface area contributed by atoms with E-state index in [1.807, 2.05) is 10.6 Å². The highest BCUT2D eigenvalue weighted by molar-refractivity contribution is 7.08. The number of nitrogens with zero attached hydrogens (tertiary/aromatic N) is 3. The van der Waals surface area contributed by atoms with E-state index in [0.29, 0.717) is 0 Å². The zero-order chi connectivity index (χ0) is 14.9. The van der Waals surface area contributed by atoms with E-state index in [2.05, 4.69) is 58.3 Å². The van der Waals surface area contributed by atoms with Gasteiger partial charge in [-0.2, -0.15) is 11.3 Å². The second kappa shape index (κ2) is 5.27. The smallest absolute Gasteiger partial charge is 0.157 e. The lowest BCUT2D eigenvalue weighted by Crippen LogP contribution is -1.96. The molecule has 0 saturated heterocycles. The van der Waals surface area contributed by atoms with Crippen molar-refractivity contribution in [1.82, 2.24) is 14.4 Å². The molecule has 108 valence electrons. The first-order chi connectivity index (χ1) is 10.8. The molecule has 0 radical (unpaired) electrons. The lowest BCUT2D eigenvalue weighted by atomic mass is 10.2. The molecule has 5 heteroatoms. The fourth-order valence-electron chi connectivity index (χ4n) is 2.40. The second-order valence-corrected chi connectivity index (χ2v) is 5.90. The molecule has 0 atom stereocenters. The minimum Gasteiger partial charge on any atom is -0.339 e. The first-order valence-electron chi connectivity index (χ1n) is 6.99. The summed E-state index contributed by atoms with van der Waals surface area (Å²) in [6.07, 6.45) is 5.47. The van der Waals surface area contributed by atoms with Gasteiger partial charge in [0.05, 0.1) is 6.20 Å². The molecule has 0 aliphatic rings. The van der Waals surface area contributed by atoms with Gasteiger partial charge in [-0.1, -0.05) is 17.7 Å². The molecule has 1 N–H and O–H groups in total. The van der Waals surface area contributed by atoms with Crippen molar-refractivity contribution in [1.29, 1.82) is 0 Å². The van der Waals surface area contributed by atoms with Crippen molar-refractivity contribution in [2.75, 3.05) is 5.32 Å². The Kier molecular flexibility index (Phi) is 3.12. The van der Waals surface area contributed by atoms with E-state index in [-0.39, 0.29) is 0 Å². The van der Waals surface area contributed by atoms with Crippen LogP contribution in [-0.4, -0.2) is 14.4 Å². The maximum Gasteiger partial charge on any atom is 0.157 e. The van der Waals surface area contributed by atoms with Gasteiger partial charge in [-0.15, -0.1) is 0 Å². The summed E-state index contributed by atoms with van der Waals surface area (Å²) >= 11 is 1.67. The number of hydrogen-bond donors (Lipinski definition) is 1. The molecule has 0 aliphatic heterocycles. The Morgan fingerprint density at radius 2 is 2.00 bits per heavy atom. The average Bonchev–Trinajstić information content (AvgIpc) is 3.18. The Bertz CT molecular complexity index is 908. The number of rotatable bonds is 3. The monoisotopic (exact) mass is 306 g/mol. The lowest BCUT2D eigenvalue weighted by Gasteiger charge is -2.08. The highest BCUT2D eigenvalue weighted by Crippen LogP contribution is 2.32. The van der Waals surface area contributed by atoms with Gasteiger partial charge in [0.15, 0.2) is 5.65 Å². The first kappa shape index (κ1) is 13.0. The van der Waals surface area contributed by atoms with Crippen LogP contribution in [-0.2, 0) is 0 Å². The van der Waals surface area contributed by atoms with Crippen LogP contribution in [0.15, 0.2) is 59.7 Å². The number of thiophene rings is 1. The summed E-state index contributed by atoms with van der Waals surface area (Å²) < 4.78 is 2.03. The van der Waals surface area contributed by atoms with E-state index >= 15 is 0 Å². The number of hydrogen-bond acceptors (Lipinski definition) is 4. The molecule has 3 aromatic heterocycles. The van der Waals surface area contributed by atoms with Crippen molar-refractivity contribution in [2.24, 2.45) is 0 Å². The summed E-state index contributed by atoms with van der Waals surface area (Å²) in [5, 5.41) is 7.66. The summed E-state index contributed by atoms with van der Waals surface area (Å²) in [4.78, 5) is 8.87. The van der Waals surface area contributed by atoms with E-state index in [0.717, 1.165) is 28.4 Å². The Morgan fingerprint density at radius 1 is 1.14 bits per heavy atom. The quantitative estimate of drug-likeness (QED) is 0.605. The largest absolute Gasteiger partial charge is 0.339 e. The summed E-state index contributed by atoms with van der Waals surface area (Å²) in [7, 11) is 0. The summed E-state index contributed by atoms with van der Waals surface area (Å²) in [6.45, 7) is 2.08. The number of fused-ring (bicyclic) bond motifs is 1. The van der Waals surface area contributed by atoms with Gasteiger partial charge in [-0.3, -0.25) is 9.38 Å². The Labute approximate surface area is 132 Å². The average molecular weight is 306 g/mol. The SMILES string of the molecule is Cc1ccc(Nc2c(-c3ccsc3)nc3cnccn23)cc1. The van der Waals surface area contributed by atoms with E-state index in [1.165, 1.54) is 5.56 Å². The van der Waals surface area contributed by atoms with Crippen LogP contribution in [0.1, 0.15) is 5.56 Å². The predicted octanol–water partition coefficient (Wildman–Crippen LogP) is 4.51. The molecular weight excluding hydrogens is 292 g/mol. The number of nitrogens with one attached hydrogen (secondary N) is 1. The molecule has 0 saturated carbocycles. The maximum atomic E-state index is 4.71. The maximum absolute atomic E-state index is 4.71. The van der Waals surface area contributed by atoms with Gasteiger partial charge in [0.2, 0.25) is 0 Å². The number of imidazole rings is 1. The lowest BCUT2D eigenvalue weighted by molar-refractivity contribution is 1.13. The molecule has 0 aliphatic carbocycles. The third-order valence-corrected chi connectivity index (χ3v) is 4.22. The van der Waals surface area contributed by atoms with Crippen molar-refractivity contribution in [2.45, 2.75) is 6.92 Å². The number of anilines is 2. The number of aryl methyl sites for hydroxylation is 1. The summed E-state index contributed by atoms with van der Waals surface area (Å²) in [5.41, 5.74) is 5.17. The topological polar surface area (TPSA) is 42.2 Å². The van der Waals surface area contributed by atoms with E-state index in [9.17, 15) is 0 Å². The molecule has 4 aromatic rings. The highest BCUT2D eigenvalue weighted by Gasteiger charge is 2.14. The first-order valence-corrected chi connectivity index (χ1v) is 7.94. The van der Waals surface area contributed by atoms with E-state index in [4.69, 9.17) is 4.98 Å². The minimum absolute atomic E-state index is 0.832. The van der Waals surface area contributed by atoms with Crippen LogP contribution in [0.5, 0.6) is 0 Å². The Morgan fingerprint density at radius 3 is 2.77 bits per heavy atom. The standard InChI is InChI=1S/C17H14N4S/c1-12-2-4-14(5-3-12)19-17-16(13-6-9-22-11-13)20-15-10-18-7-8-21(15)17/h2-11,19H,1H3. The molecule has 0 fully saturated rings. The van der Waals surface area contributed by atoms with Crippen LogP contribution in [0.3, 0.4) is 0 Å². The molecule has 0 spiro atoms. The summed E-state index contributed by atoms with van der Waals surface area (Å²) in [5.74, 6) is 0.958. The van der Waals surface area contributed by atoms with Crippen LogP contribution in [0.25, 0.3) is 16.9 Å². The zero-order valence-corrected chi connectivity index (χ0v) is 12.8. The van der Waals surface area contributed by atoms with Crippen molar-refractivity contribution in [3.63, 3.8) is 0 Å². The van der Waals surface area contributed by atoms with Crippen molar-refractivity contribution in [3.8, 4) is 11.3 Å². The highest BCUT2D eigenvalue weighted by atomic mass is 32.1. The zero-order valence-electron chi connectivity index (χ0n) is 12.0. The van der Waals surface area contributed by atoms with Gasteiger partial charge < -0.3 is 5.32 Å². The molecule has 1 aromatic carbocycles. The van der Waals surface area contributed by atoms with E-state index < -0.39 is 0 Å². The summed E-state index contributed by atoms with van der Waals surface area (Å²) in [6, 6.07) is 10.4. The third kappa shape index (κ3) is 2.25. The van der Waals surface area contributed by atoms with Crippen LogP contribution in [0, 0.1) is 6.92 Å². The van der Waals surface area contributed by atoms with Gasteiger partial charge in [0.25, 0.3) is 0 Å². The third-order valence-electron chi connectivity index (χ3n) is 3.54. The van der Waals surface area contributed by atoms with Crippen molar-refractivity contribution < 1.29 is 0 Å². The van der Waals surface area contributed by atoms with Gasteiger partial charge >= 0.3 is 0 Å². The molecule has 0 bridgehead atoms. The van der Waals surface area contributed by atoms with Crippen LogP contribution < -0.4 is 5.32 Å². The second-order valence-electron chi connectivity index (χ2n) is 5.12. The van der Waals surface area contributed by atoms with Gasteiger partial charge in [-0.05, 0) is 30.5 Å². The van der Waals surface area contributed by atoms with Crippen LogP contribution in [0.2, 0.25) is 0 Å². The Balaban J connectivity index is 1.87. The van der Waals surface area contributed by atoms with Gasteiger partial charge in [0, 0.05) is 29.0 Å². The minimum atomic E-state index is 0.832. The molecule has 4 rings (SSSR count). The van der Waals surface area contributed by atoms with E-state index in [1.54, 1.807) is 23.7 Å². The number of aromatic nitrogens is 3. The predicted molar refractivity (Wildman–Crippen MR) is 90.8 cm³/mol. The fourth-order valence-corrected chi connectivity index (χ4v) is 3.04.